The summed E-state index contributed by atoms with van der Waals surface area (Å²) < 4.78 is 11.4. The molecule has 2 heterocycles. The van der Waals surface area contributed by atoms with Crippen molar-refractivity contribution < 1.29 is 19.1 Å². The van der Waals surface area contributed by atoms with Crippen molar-refractivity contribution in [3.05, 3.63) is 102 Å². The molecule has 1 aromatic heterocycles. The minimum atomic E-state index is -0.886. The van der Waals surface area contributed by atoms with Crippen molar-refractivity contribution in [2.45, 2.75) is 32.5 Å². The third-order valence-corrected chi connectivity index (χ3v) is 6.85. The van der Waals surface area contributed by atoms with Crippen LogP contribution in [-0.4, -0.2) is 51.5 Å². The number of carbonyl (C=O) groups is 1. The predicted molar refractivity (Wildman–Crippen MR) is 142 cm³/mol. The van der Waals surface area contributed by atoms with Gasteiger partial charge < -0.3 is 14.3 Å². The average Bonchev–Trinajstić information content (AvgIpc) is 3.46. The van der Waals surface area contributed by atoms with Gasteiger partial charge in [-0.25, -0.2) is 9.78 Å². The smallest absolute Gasteiger partial charge is 0.335 e. The molecular formula is C30H31N3O4. The molecule has 7 heteroatoms. The Kier molecular flexibility index (Phi) is 7.63. The number of hydrogen-bond donors (Lipinski definition) is 1. The van der Waals surface area contributed by atoms with Gasteiger partial charge in [-0.2, -0.15) is 0 Å². The van der Waals surface area contributed by atoms with Gasteiger partial charge in [0.2, 0.25) is 5.89 Å². The monoisotopic (exact) mass is 497 g/mol. The van der Waals surface area contributed by atoms with Gasteiger partial charge in [-0.15, -0.1) is 0 Å². The molecule has 1 N–H and O–H groups in total. The number of piperazine rings is 1. The van der Waals surface area contributed by atoms with Crippen LogP contribution in [0.15, 0.2) is 89.7 Å². The fraction of sp³-hybridized carbons (Fsp3) is 0.267. The molecule has 0 spiro atoms. The molecule has 0 amide bonds. The van der Waals surface area contributed by atoms with Crippen LogP contribution in [0, 0.1) is 0 Å². The van der Waals surface area contributed by atoms with Crippen LogP contribution < -0.4 is 4.74 Å². The molecule has 4 aromatic rings. The second-order valence-corrected chi connectivity index (χ2v) is 9.38. The summed E-state index contributed by atoms with van der Waals surface area (Å²) in [5.41, 5.74) is 3.66. The van der Waals surface area contributed by atoms with Crippen LogP contribution in [-0.2, 0) is 13.1 Å². The first-order chi connectivity index (χ1) is 18.1. The van der Waals surface area contributed by atoms with E-state index >= 15 is 0 Å². The molecule has 1 aliphatic rings. The molecule has 0 radical (unpaired) electrons. The third kappa shape index (κ3) is 6.25. The number of nitrogens with zero attached hydrogens (tertiary/aromatic N) is 3. The van der Waals surface area contributed by atoms with Crippen LogP contribution in [0.3, 0.4) is 0 Å². The summed E-state index contributed by atoms with van der Waals surface area (Å²) in [5, 5.41) is 9.11. The molecule has 1 atom stereocenters. The minimum absolute atomic E-state index is 0.331. The summed E-state index contributed by atoms with van der Waals surface area (Å²) in [4.78, 5) is 20.3. The molecule has 1 saturated heterocycles. The second kappa shape index (κ2) is 11.4. The topological polar surface area (TPSA) is 79.0 Å². The van der Waals surface area contributed by atoms with Crippen molar-refractivity contribution in [1.29, 1.82) is 0 Å². The summed E-state index contributed by atoms with van der Waals surface area (Å²) in [6.07, 6.45) is 4.28. The minimum Gasteiger partial charge on any atom is -0.478 e. The van der Waals surface area contributed by atoms with Crippen LogP contribution in [0.1, 0.15) is 34.8 Å². The Morgan fingerprint density at radius 1 is 0.946 bits per heavy atom. The molecule has 0 unspecified atom stereocenters. The van der Waals surface area contributed by atoms with Crippen LogP contribution in [0.5, 0.6) is 11.5 Å². The van der Waals surface area contributed by atoms with E-state index in [0.29, 0.717) is 17.5 Å². The van der Waals surface area contributed by atoms with Crippen molar-refractivity contribution in [3.8, 4) is 23.0 Å². The van der Waals surface area contributed by atoms with Gasteiger partial charge in [0.05, 0.1) is 11.8 Å². The molecule has 190 valence electrons. The van der Waals surface area contributed by atoms with E-state index in [9.17, 15) is 4.79 Å². The van der Waals surface area contributed by atoms with Crippen LogP contribution >= 0.6 is 0 Å². The number of aromatic carboxylic acids is 1. The number of carboxylic acid groups (broad SMARTS) is 1. The highest BCUT2D eigenvalue weighted by atomic mass is 16.5. The predicted octanol–water partition coefficient (Wildman–Crippen LogP) is 5.93. The number of ether oxygens (including phenoxy) is 1. The molecule has 0 saturated carbocycles. The molecule has 0 aliphatic carbocycles. The largest absolute Gasteiger partial charge is 0.478 e. The Balaban J connectivity index is 1.14. The summed E-state index contributed by atoms with van der Waals surface area (Å²) in [6.45, 7) is 6.98. The van der Waals surface area contributed by atoms with Gasteiger partial charge in [-0.05, 0) is 66.1 Å². The Bertz CT molecular complexity index is 1290. The highest BCUT2D eigenvalue weighted by Gasteiger charge is 2.25. The first-order valence-corrected chi connectivity index (χ1v) is 12.6. The zero-order valence-electron chi connectivity index (χ0n) is 20.9. The lowest BCUT2D eigenvalue weighted by molar-refractivity contribution is 0.0620. The summed E-state index contributed by atoms with van der Waals surface area (Å²) in [5.74, 6) is 1.28. The first-order valence-electron chi connectivity index (χ1n) is 12.6. The molecule has 1 aliphatic heterocycles. The van der Waals surface area contributed by atoms with Crippen molar-refractivity contribution in [3.63, 3.8) is 0 Å². The van der Waals surface area contributed by atoms with Crippen molar-refractivity contribution >= 4 is 5.97 Å². The van der Waals surface area contributed by atoms with Crippen LogP contribution in [0.2, 0.25) is 0 Å². The van der Waals surface area contributed by atoms with Gasteiger partial charge >= 0.3 is 5.97 Å². The normalized spacial score (nSPS) is 16.5. The third-order valence-electron chi connectivity index (χ3n) is 6.85. The summed E-state index contributed by atoms with van der Waals surface area (Å²) in [6, 6.07) is 23.7. The average molecular weight is 498 g/mol. The quantitative estimate of drug-likeness (QED) is 0.307. The maximum Gasteiger partial charge on any atom is 0.335 e. The summed E-state index contributed by atoms with van der Waals surface area (Å²) in [7, 11) is 0. The number of oxazole rings is 1. The van der Waals surface area contributed by atoms with E-state index in [-0.39, 0.29) is 0 Å². The Labute approximate surface area is 216 Å². The van der Waals surface area contributed by atoms with Gasteiger partial charge in [0.25, 0.3) is 0 Å². The van der Waals surface area contributed by atoms with E-state index in [1.54, 1.807) is 24.6 Å². The zero-order valence-corrected chi connectivity index (χ0v) is 20.9. The Morgan fingerprint density at radius 2 is 1.59 bits per heavy atom. The van der Waals surface area contributed by atoms with Gasteiger partial charge in [0, 0.05) is 44.3 Å². The van der Waals surface area contributed by atoms with E-state index in [1.165, 1.54) is 5.56 Å². The molecule has 1 fully saturated rings. The number of carboxylic acids is 1. The SMILES string of the molecule is CC[C@H]1CN(Cc2ccc(C(=O)O)cc2)CCN1Cc1ccc(Oc2ccc(-c3ncco3)cc2)cc1. The van der Waals surface area contributed by atoms with E-state index < -0.39 is 5.97 Å². The van der Waals surface area contributed by atoms with Crippen molar-refractivity contribution in [2.24, 2.45) is 0 Å². The maximum atomic E-state index is 11.1. The van der Waals surface area contributed by atoms with Crippen molar-refractivity contribution in [1.82, 2.24) is 14.8 Å². The molecule has 5 rings (SSSR count). The lowest BCUT2D eigenvalue weighted by Gasteiger charge is -2.41. The Morgan fingerprint density at radius 3 is 2.22 bits per heavy atom. The molecular weight excluding hydrogens is 466 g/mol. The van der Waals surface area contributed by atoms with Gasteiger partial charge in [0.1, 0.15) is 17.8 Å². The standard InChI is InChI=1S/C30H31N3O4/c1-2-26-21-32(19-22-3-7-25(8-4-22)30(34)35)16-17-33(26)20-23-5-11-27(12-6-23)37-28-13-9-24(10-14-28)29-31-15-18-36-29/h3-15,18,26H,2,16-17,19-21H2,1H3,(H,34,35)/t26-/m0/s1. The number of rotatable bonds is 9. The molecule has 7 nitrogen and oxygen atoms in total. The second-order valence-electron chi connectivity index (χ2n) is 9.38. The molecule has 0 bridgehead atoms. The van der Waals surface area contributed by atoms with Crippen LogP contribution in [0.25, 0.3) is 11.5 Å². The highest BCUT2D eigenvalue weighted by Crippen LogP contribution is 2.26. The fourth-order valence-electron chi connectivity index (χ4n) is 4.77. The maximum absolute atomic E-state index is 11.1. The van der Waals surface area contributed by atoms with E-state index in [2.05, 4.69) is 33.8 Å². The number of hydrogen-bond acceptors (Lipinski definition) is 6. The lowest BCUT2D eigenvalue weighted by atomic mass is 10.1. The lowest BCUT2D eigenvalue weighted by Crippen LogP contribution is -2.51. The van der Waals surface area contributed by atoms with Gasteiger partial charge in [0.15, 0.2) is 0 Å². The fourth-order valence-corrected chi connectivity index (χ4v) is 4.77. The summed E-state index contributed by atoms with van der Waals surface area (Å²) >= 11 is 0. The van der Waals surface area contributed by atoms with Crippen LogP contribution in [0.4, 0.5) is 0 Å². The first kappa shape index (κ1) is 24.7. The molecule has 3 aromatic carbocycles. The van der Waals surface area contributed by atoms with Crippen molar-refractivity contribution in [2.75, 3.05) is 19.6 Å². The van der Waals surface area contributed by atoms with Gasteiger partial charge in [-0.1, -0.05) is 31.2 Å². The highest BCUT2D eigenvalue weighted by molar-refractivity contribution is 5.87. The zero-order chi connectivity index (χ0) is 25.6. The van der Waals surface area contributed by atoms with E-state index in [0.717, 1.165) is 61.8 Å². The number of aromatic nitrogens is 1. The number of benzene rings is 3. The Hall–Kier alpha value is -3.94. The van der Waals surface area contributed by atoms with E-state index in [4.69, 9.17) is 14.3 Å². The van der Waals surface area contributed by atoms with Gasteiger partial charge in [-0.3, -0.25) is 9.80 Å². The van der Waals surface area contributed by atoms with E-state index in [1.807, 2.05) is 48.5 Å². The molecule has 37 heavy (non-hydrogen) atoms.